The number of rotatable bonds is 1. The highest BCUT2D eigenvalue weighted by Gasteiger charge is 2.26. The first kappa shape index (κ1) is 12.3. The van der Waals surface area contributed by atoms with Gasteiger partial charge < -0.3 is 14.4 Å². The van der Waals surface area contributed by atoms with Crippen molar-refractivity contribution in [2.24, 2.45) is 5.92 Å². The van der Waals surface area contributed by atoms with Crippen molar-refractivity contribution < 1.29 is 14.3 Å². The monoisotopic (exact) mass is 261 g/mol. The molecule has 0 N–H and O–H groups in total. The van der Waals surface area contributed by atoms with Crippen molar-refractivity contribution in [3.05, 3.63) is 23.8 Å². The van der Waals surface area contributed by atoms with Crippen LogP contribution >= 0.6 is 0 Å². The lowest BCUT2D eigenvalue weighted by atomic mass is 10.0. The molecule has 1 fully saturated rings. The van der Waals surface area contributed by atoms with Gasteiger partial charge in [-0.2, -0.15) is 0 Å². The number of fused-ring (bicyclic) bond motifs is 1. The zero-order valence-corrected chi connectivity index (χ0v) is 11.2. The molecule has 19 heavy (non-hydrogen) atoms. The molecule has 1 aromatic carbocycles. The van der Waals surface area contributed by atoms with Crippen molar-refractivity contribution >= 4 is 5.91 Å². The highest BCUT2D eigenvalue weighted by molar-refractivity contribution is 5.98. The second-order valence-corrected chi connectivity index (χ2v) is 5.37. The molecule has 1 atom stereocenters. The molecule has 0 aromatic heterocycles. The Labute approximate surface area is 113 Å². The van der Waals surface area contributed by atoms with Gasteiger partial charge >= 0.3 is 0 Å². The summed E-state index contributed by atoms with van der Waals surface area (Å²) in [6.07, 6.45) is 3.37. The van der Waals surface area contributed by atoms with E-state index < -0.39 is 0 Å². The topological polar surface area (TPSA) is 38.8 Å². The Morgan fingerprint density at radius 3 is 3.05 bits per heavy atom. The van der Waals surface area contributed by atoms with Gasteiger partial charge in [0.15, 0.2) is 11.5 Å². The van der Waals surface area contributed by atoms with Gasteiger partial charge in [0.05, 0.1) is 5.56 Å². The van der Waals surface area contributed by atoms with Crippen molar-refractivity contribution in [1.82, 2.24) is 4.90 Å². The highest BCUT2D eigenvalue weighted by Crippen LogP contribution is 2.36. The van der Waals surface area contributed by atoms with Crippen LogP contribution in [-0.2, 0) is 0 Å². The normalized spacial score (nSPS) is 22.2. The Balaban J connectivity index is 1.82. The Kier molecular flexibility index (Phi) is 3.32. The van der Waals surface area contributed by atoms with Crippen LogP contribution < -0.4 is 9.47 Å². The van der Waals surface area contributed by atoms with E-state index in [0.29, 0.717) is 23.0 Å². The SMILES string of the molecule is CC1CCCN(C(=O)c2cccc3c2OCO3)CC1. The van der Waals surface area contributed by atoms with Gasteiger partial charge in [0, 0.05) is 13.1 Å². The molecule has 0 aliphatic carbocycles. The molecule has 1 saturated heterocycles. The maximum Gasteiger partial charge on any atom is 0.257 e. The quantitative estimate of drug-likeness (QED) is 0.780. The molecule has 2 aliphatic rings. The fourth-order valence-electron chi connectivity index (χ4n) is 2.74. The minimum absolute atomic E-state index is 0.0662. The van der Waals surface area contributed by atoms with E-state index in [9.17, 15) is 4.79 Å². The summed E-state index contributed by atoms with van der Waals surface area (Å²) in [5, 5.41) is 0. The van der Waals surface area contributed by atoms with Crippen LogP contribution in [0.1, 0.15) is 36.5 Å². The molecule has 4 heteroatoms. The number of carbonyl (C=O) groups excluding carboxylic acids is 1. The van der Waals surface area contributed by atoms with E-state index in [1.165, 1.54) is 6.42 Å². The molecular weight excluding hydrogens is 242 g/mol. The van der Waals surface area contributed by atoms with Gasteiger partial charge in [-0.15, -0.1) is 0 Å². The van der Waals surface area contributed by atoms with Gasteiger partial charge in [-0.25, -0.2) is 0 Å². The largest absolute Gasteiger partial charge is 0.454 e. The zero-order chi connectivity index (χ0) is 13.2. The van der Waals surface area contributed by atoms with Crippen molar-refractivity contribution in [3.8, 4) is 11.5 Å². The number of likely N-dealkylation sites (tertiary alicyclic amines) is 1. The van der Waals surface area contributed by atoms with E-state index in [-0.39, 0.29) is 12.7 Å². The number of benzene rings is 1. The molecule has 102 valence electrons. The first-order chi connectivity index (χ1) is 9.25. The molecule has 2 aliphatic heterocycles. The summed E-state index contributed by atoms with van der Waals surface area (Å²) in [6, 6.07) is 5.51. The third kappa shape index (κ3) is 2.39. The molecule has 2 heterocycles. The molecule has 4 nitrogen and oxygen atoms in total. The van der Waals surface area contributed by atoms with Crippen molar-refractivity contribution in [2.75, 3.05) is 19.9 Å². The van der Waals surface area contributed by atoms with Crippen molar-refractivity contribution in [2.45, 2.75) is 26.2 Å². The molecule has 0 radical (unpaired) electrons. The second kappa shape index (κ2) is 5.11. The lowest BCUT2D eigenvalue weighted by Gasteiger charge is -2.21. The van der Waals surface area contributed by atoms with E-state index >= 15 is 0 Å². The number of amides is 1. The van der Waals surface area contributed by atoms with Crippen LogP contribution in [0.15, 0.2) is 18.2 Å². The molecule has 1 unspecified atom stereocenters. The fourth-order valence-corrected chi connectivity index (χ4v) is 2.74. The third-order valence-electron chi connectivity index (χ3n) is 3.93. The number of carbonyl (C=O) groups is 1. The molecule has 3 rings (SSSR count). The summed E-state index contributed by atoms with van der Waals surface area (Å²) in [4.78, 5) is 14.6. The maximum absolute atomic E-state index is 12.6. The first-order valence-corrected chi connectivity index (χ1v) is 6.93. The van der Waals surface area contributed by atoms with Crippen LogP contribution in [0.25, 0.3) is 0 Å². The van der Waals surface area contributed by atoms with Gasteiger partial charge in [0.2, 0.25) is 6.79 Å². The van der Waals surface area contributed by atoms with Gasteiger partial charge in [0.25, 0.3) is 5.91 Å². The molecule has 0 spiro atoms. The predicted octanol–water partition coefficient (Wildman–Crippen LogP) is 2.68. The van der Waals surface area contributed by atoms with Crippen LogP contribution in [0, 0.1) is 5.92 Å². The average Bonchev–Trinajstić information content (AvgIpc) is 2.80. The van der Waals surface area contributed by atoms with Crippen LogP contribution in [0.4, 0.5) is 0 Å². The summed E-state index contributed by atoms with van der Waals surface area (Å²) in [5.74, 6) is 2.05. The summed E-state index contributed by atoms with van der Waals surface area (Å²) < 4.78 is 10.7. The molecule has 1 aromatic rings. The van der Waals surface area contributed by atoms with E-state index in [2.05, 4.69) is 6.92 Å². The zero-order valence-electron chi connectivity index (χ0n) is 11.2. The minimum Gasteiger partial charge on any atom is -0.454 e. The minimum atomic E-state index is 0.0662. The number of ether oxygens (including phenoxy) is 2. The van der Waals surface area contributed by atoms with Gasteiger partial charge in [0.1, 0.15) is 0 Å². The molecule has 0 bridgehead atoms. The average molecular weight is 261 g/mol. The standard InChI is InChI=1S/C15H19NO3/c1-11-4-3-8-16(9-7-11)15(17)12-5-2-6-13-14(12)19-10-18-13/h2,5-6,11H,3-4,7-10H2,1H3. The lowest BCUT2D eigenvalue weighted by Crippen LogP contribution is -2.32. The summed E-state index contributed by atoms with van der Waals surface area (Å²) in [7, 11) is 0. The Hall–Kier alpha value is -1.71. The summed E-state index contributed by atoms with van der Waals surface area (Å²) in [5.41, 5.74) is 0.629. The van der Waals surface area contributed by atoms with Crippen LogP contribution in [0.2, 0.25) is 0 Å². The van der Waals surface area contributed by atoms with Gasteiger partial charge in [-0.3, -0.25) is 4.79 Å². The maximum atomic E-state index is 12.6. The summed E-state index contributed by atoms with van der Waals surface area (Å²) >= 11 is 0. The molecule has 1 amide bonds. The Morgan fingerprint density at radius 2 is 2.16 bits per heavy atom. The van der Waals surface area contributed by atoms with Gasteiger partial charge in [-0.05, 0) is 37.3 Å². The van der Waals surface area contributed by atoms with E-state index in [0.717, 1.165) is 25.9 Å². The molecule has 0 saturated carbocycles. The smallest absolute Gasteiger partial charge is 0.257 e. The Morgan fingerprint density at radius 1 is 1.26 bits per heavy atom. The Bertz CT molecular complexity index is 486. The van der Waals surface area contributed by atoms with Crippen LogP contribution in [-0.4, -0.2) is 30.7 Å². The lowest BCUT2D eigenvalue weighted by molar-refractivity contribution is 0.0755. The number of hydrogen-bond acceptors (Lipinski definition) is 3. The third-order valence-corrected chi connectivity index (χ3v) is 3.93. The van der Waals surface area contributed by atoms with E-state index in [1.807, 2.05) is 23.1 Å². The summed E-state index contributed by atoms with van der Waals surface area (Å²) in [6.45, 7) is 4.14. The van der Waals surface area contributed by atoms with Crippen LogP contribution in [0.3, 0.4) is 0 Å². The van der Waals surface area contributed by atoms with Crippen molar-refractivity contribution in [1.29, 1.82) is 0 Å². The number of nitrogens with zero attached hydrogens (tertiary/aromatic N) is 1. The first-order valence-electron chi connectivity index (χ1n) is 6.93. The van der Waals surface area contributed by atoms with E-state index in [4.69, 9.17) is 9.47 Å². The van der Waals surface area contributed by atoms with Crippen molar-refractivity contribution in [3.63, 3.8) is 0 Å². The predicted molar refractivity (Wildman–Crippen MR) is 71.5 cm³/mol. The van der Waals surface area contributed by atoms with Crippen LogP contribution in [0.5, 0.6) is 11.5 Å². The number of hydrogen-bond donors (Lipinski definition) is 0. The van der Waals surface area contributed by atoms with Gasteiger partial charge in [-0.1, -0.05) is 13.0 Å². The highest BCUT2D eigenvalue weighted by atomic mass is 16.7. The van der Waals surface area contributed by atoms with E-state index in [1.54, 1.807) is 0 Å². The fraction of sp³-hybridized carbons (Fsp3) is 0.533. The number of para-hydroxylation sites is 1. The second-order valence-electron chi connectivity index (χ2n) is 5.37. The molecular formula is C15H19NO3.